The molecule has 19 heavy (non-hydrogen) atoms. The minimum absolute atomic E-state index is 0.0296. The number of nitrogens with zero attached hydrogens (tertiary/aromatic N) is 1. The molecule has 1 aromatic carbocycles. The van der Waals surface area contributed by atoms with Crippen molar-refractivity contribution in [3.8, 4) is 0 Å². The van der Waals surface area contributed by atoms with Crippen molar-refractivity contribution in [1.29, 1.82) is 0 Å². The van der Waals surface area contributed by atoms with Crippen LogP contribution in [-0.4, -0.2) is 37.0 Å². The molecular formula is C11H14BrCl2NO3S. The SMILES string of the molecule is CN(CC(C)(C)O)S(=O)(=O)c1c(Cl)cc(Br)cc1Cl. The quantitative estimate of drug-likeness (QED) is 0.858. The van der Waals surface area contributed by atoms with Crippen molar-refractivity contribution in [2.45, 2.75) is 24.3 Å². The zero-order valence-corrected chi connectivity index (χ0v) is 14.5. The normalized spacial score (nSPS) is 13.1. The first-order chi connectivity index (χ1) is 8.45. The third kappa shape index (κ3) is 4.31. The highest BCUT2D eigenvalue weighted by Crippen LogP contribution is 2.34. The number of likely N-dealkylation sites (N-methyl/N-ethyl adjacent to an activating group) is 1. The van der Waals surface area contributed by atoms with Crippen LogP contribution in [0.3, 0.4) is 0 Å². The molecule has 8 heteroatoms. The van der Waals surface area contributed by atoms with Crippen LogP contribution in [0, 0.1) is 0 Å². The Morgan fingerprint density at radius 3 is 2.11 bits per heavy atom. The largest absolute Gasteiger partial charge is 0.389 e. The zero-order chi connectivity index (χ0) is 15.0. The van der Waals surface area contributed by atoms with Crippen molar-refractivity contribution in [2.75, 3.05) is 13.6 Å². The van der Waals surface area contributed by atoms with Gasteiger partial charge in [0.2, 0.25) is 10.0 Å². The van der Waals surface area contributed by atoms with Gasteiger partial charge in [0.05, 0.1) is 15.6 Å². The lowest BCUT2D eigenvalue weighted by molar-refractivity contribution is 0.0640. The summed E-state index contributed by atoms with van der Waals surface area (Å²) in [4.78, 5) is -0.161. The predicted molar refractivity (Wildman–Crippen MR) is 80.3 cm³/mol. The fourth-order valence-electron chi connectivity index (χ4n) is 1.56. The molecule has 1 aromatic rings. The van der Waals surface area contributed by atoms with Crippen molar-refractivity contribution in [2.24, 2.45) is 0 Å². The second kappa shape index (κ2) is 5.87. The molecular weight excluding hydrogens is 377 g/mol. The van der Waals surface area contributed by atoms with Gasteiger partial charge >= 0.3 is 0 Å². The molecule has 0 saturated carbocycles. The summed E-state index contributed by atoms with van der Waals surface area (Å²) in [5.74, 6) is 0. The molecule has 0 saturated heterocycles. The van der Waals surface area contributed by atoms with Crippen LogP contribution in [0.2, 0.25) is 10.0 Å². The van der Waals surface area contributed by atoms with E-state index in [2.05, 4.69) is 15.9 Å². The van der Waals surface area contributed by atoms with Crippen LogP contribution in [0.25, 0.3) is 0 Å². The van der Waals surface area contributed by atoms with E-state index >= 15 is 0 Å². The average molecular weight is 391 g/mol. The molecule has 4 nitrogen and oxygen atoms in total. The Bertz CT molecular complexity index is 561. The Kier molecular flexibility index (Phi) is 5.32. The van der Waals surface area contributed by atoms with Crippen LogP contribution < -0.4 is 0 Å². The molecule has 0 bridgehead atoms. The van der Waals surface area contributed by atoms with E-state index in [-0.39, 0.29) is 21.5 Å². The molecule has 0 amide bonds. The molecule has 0 aromatic heterocycles. The highest BCUT2D eigenvalue weighted by atomic mass is 79.9. The molecule has 0 aliphatic rings. The summed E-state index contributed by atoms with van der Waals surface area (Å²) in [7, 11) is -2.50. The Hall–Kier alpha value is 0.150. The van der Waals surface area contributed by atoms with Gasteiger partial charge in [-0.25, -0.2) is 8.42 Å². The van der Waals surface area contributed by atoms with E-state index in [1.807, 2.05) is 0 Å². The number of benzene rings is 1. The summed E-state index contributed by atoms with van der Waals surface area (Å²) in [6, 6.07) is 2.91. The Morgan fingerprint density at radius 2 is 1.74 bits per heavy atom. The average Bonchev–Trinajstić information content (AvgIpc) is 2.11. The molecule has 0 aliphatic carbocycles. The van der Waals surface area contributed by atoms with E-state index in [0.29, 0.717) is 4.47 Å². The first kappa shape index (κ1) is 17.2. The van der Waals surface area contributed by atoms with E-state index in [0.717, 1.165) is 4.31 Å². The Labute approximate surface area is 131 Å². The number of hydrogen-bond donors (Lipinski definition) is 1. The summed E-state index contributed by atoms with van der Waals surface area (Å²) >= 11 is 15.1. The van der Waals surface area contributed by atoms with Crippen LogP contribution in [0.1, 0.15) is 13.8 Å². The van der Waals surface area contributed by atoms with Gasteiger partial charge in [0, 0.05) is 18.1 Å². The van der Waals surface area contributed by atoms with Crippen LogP contribution >= 0.6 is 39.1 Å². The summed E-state index contributed by atoms with van der Waals surface area (Å²) in [6.07, 6.45) is 0. The van der Waals surface area contributed by atoms with E-state index < -0.39 is 15.6 Å². The number of aliphatic hydroxyl groups is 1. The first-order valence-electron chi connectivity index (χ1n) is 5.28. The highest BCUT2D eigenvalue weighted by molar-refractivity contribution is 9.10. The molecule has 0 spiro atoms. The van der Waals surface area contributed by atoms with Crippen molar-refractivity contribution in [1.82, 2.24) is 4.31 Å². The van der Waals surface area contributed by atoms with Gasteiger partial charge in [0.1, 0.15) is 4.90 Å². The lowest BCUT2D eigenvalue weighted by Crippen LogP contribution is -2.39. The van der Waals surface area contributed by atoms with Gasteiger partial charge in [-0.1, -0.05) is 39.1 Å². The van der Waals surface area contributed by atoms with Crippen LogP contribution in [0.4, 0.5) is 0 Å². The fraction of sp³-hybridized carbons (Fsp3) is 0.455. The summed E-state index contributed by atoms with van der Waals surface area (Å²) in [5, 5.41) is 9.76. The molecule has 0 unspecified atom stereocenters. The molecule has 0 fully saturated rings. The fourth-order valence-corrected chi connectivity index (χ4v) is 4.76. The molecule has 1 rings (SSSR count). The minimum atomic E-state index is -3.86. The standard InChI is InChI=1S/C11H14BrCl2NO3S/c1-11(2,16)6-15(3)19(17,18)10-8(13)4-7(12)5-9(10)14/h4-5,16H,6H2,1-3H3. The van der Waals surface area contributed by atoms with Crippen LogP contribution in [-0.2, 0) is 10.0 Å². The lowest BCUT2D eigenvalue weighted by Gasteiger charge is -2.25. The molecule has 108 valence electrons. The van der Waals surface area contributed by atoms with Gasteiger partial charge in [-0.05, 0) is 26.0 Å². The first-order valence-corrected chi connectivity index (χ1v) is 8.27. The zero-order valence-electron chi connectivity index (χ0n) is 10.6. The van der Waals surface area contributed by atoms with Gasteiger partial charge in [-0.15, -0.1) is 0 Å². The summed E-state index contributed by atoms with van der Waals surface area (Å²) in [5.41, 5.74) is -1.16. The molecule has 0 atom stereocenters. The maximum absolute atomic E-state index is 12.4. The van der Waals surface area contributed by atoms with Crippen molar-refractivity contribution in [3.63, 3.8) is 0 Å². The van der Waals surface area contributed by atoms with E-state index in [1.165, 1.54) is 33.0 Å². The Balaban J connectivity index is 3.29. The molecule has 1 N–H and O–H groups in total. The van der Waals surface area contributed by atoms with Gasteiger partial charge in [0.15, 0.2) is 0 Å². The highest BCUT2D eigenvalue weighted by Gasteiger charge is 2.30. The van der Waals surface area contributed by atoms with Gasteiger partial charge < -0.3 is 5.11 Å². The molecule has 0 radical (unpaired) electrons. The third-order valence-electron chi connectivity index (χ3n) is 2.24. The number of sulfonamides is 1. The number of hydrogen-bond acceptors (Lipinski definition) is 3. The monoisotopic (exact) mass is 389 g/mol. The van der Waals surface area contributed by atoms with E-state index in [4.69, 9.17) is 23.2 Å². The third-order valence-corrected chi connectivity index (χ3v) is 5.42. The predicted octanol–water partition coefficient (Wildman–Crippen LogP) is 3.15. The maximum Gasteiger partial charge on any atom is 0.245 e. The smallest absolute Gasteiger partial charge is 0.245 e. The van der Waals surface area contributed by atoms with Crippen LogP contribution in [0.15, 0.2) is 21.5 Å². The molecule has 0 heterocycles. The van der Waals surface area contributed by atoms with Crippen LogP contribution in [0.5, 0.6) is 0 Å². The second-order valence-corrected chi connectivity index (χ2v) is 8.48. The summed E-state index contributed by atoms with van der Waals surface area (Å²) in [6.45, 7) is 2.96. The van der Waals surface area contributed by atoms with Gasteiger partial charge in [-0.3, -0.25) is 0 Å². The molecule has 0 aliphatic heterocycles. The Morgan fingerprint density at radius 1 is 1.32 bits per heavy atom. The van der Waals surface area contributed by atoms with Crippen molar-refractivity contribution < 1.29 is 13.5 Å². The van der Waals surface area contributed by atoms with Crippen molar-refractivity contribution in [3.05, 3.63) is 26.7 Å². The lowest BCUT2D eigenvalue weighted by atomic mass is 10.1. The second-order valence-electron chi connectivity index (χ2n) is 4.77. The van der Waals surface area contributed by atoms with E-state index in [1.54, 1.807) is 0 Å². The minimum Gasteiger partial charge on any atom is -0.389 e. The van der Waals surface area contributed by atoms with E-state index in [9.17, 15) is 13.5 Å². The van der Waals surface area contributed by atoms with Gasteiger partial charge in [0.25, 0.3) is 0 Å². The summed E-state index contributed by atoms with van der Waals surface area (Å²) < 4.78 is 26.4. The van der Waals surface area contributed by atoms with Gasteiger partial charge in [-0.2, -0.15) is 4.31 Å². The maximum atomic E-state index is 12.4. The van der Waals surface area contributed by atoms with Crippen molar-refractivity contribution >= 4 is 49.2 Å². The number of rotatable bonds is 4. The topological polar surface area (TPSA) is 57.6 Å². The number of halogens is 3.